The molecule has 1 aromatic carbocycles. The summed E-state index contributed by atoms with van der Waals surface area (Å²) in [6.07, 6.45) is 2.91. The van der Waals surface area contributed by atoms with Crippen LogP contribution in [0.15, 0.2) is 29.2 Å². The van der Waals surface area contributed by atoms with Crippen molar-refractivity contribution < 1.29 is 0 Å². The third kappa shape index (κ3) is 3.88. The minimum atomic E-state index is 0. The summed E-state index contributed by atoms with van der Waals surface area (Å²) in [4.78, 5) is 1.27. The fourth-order valence-electron chi connectivity index (χ4n) is 1.20. The van der Waals surface area contributed by atoms with Crippen molar-refractivity contribution in [2.45, 2.75) is 17.4 Å². The van der Waals surface area contributed by atoms with E-state index in [1.165, 1.54) is 10.5 Å². The van der Waals surface area contributed by atoms with Crippen molar-refractivity contribution in [1.82, 2.24) is 0 Å². The minimum absolute atomic E-state index is 0. The Kier molecular flexibility index (Phi) is 7.01. The Morgan fingerprint density at radius 2 is 1.86 bits per heavy atom. The van der Waals surface area contributed by atoms with Crippen molar-refractivity contribution in [3.05, 3.63) is 29.8 Å². The third-order valence-corrected chi connectivity index (χ3v) is 2.77. The Labute approximate surface area is 95.8 Å². The summed E-state index contributed by atoms with van der Waals surface area (Å²) in [6.45, 7) is 0.644. The Bertz CT molecular complexity index is 251. The van der Waals surface area contributed by atoms with Gasteiger partial charge < -0.3 is 11.5 Å². The topological polar surface area (TPSA) is 52.0 Å². The molecule has 0 radical (unpaired) electrons. The molecule has 4 N–H and O–H groups in total. The minimum Gasteiger partial charge on any atom is -0.330 e. The predicted octanol–water partition coefficient (Wildman–Crippen LogP) is 2.18. The summed E-state index contributed by atoms with van der Waals surface area (Å²) in [5.41, 5.74) is 12.5. The number of nitrogens with two attached hydrogens (primary N) is 2. The fourth-order valence-corrected chi connectivity index (χ4v) is 1.61. The quantitative estimate of drug-likeness (QED) is 0.783. The van der Waals surface area contributed by atoms with Gasteiger partial charge in [-0.1, -0.05) is 12.1 Å². The Balaban J connectivity index is 0.00000169. The van der Waals surface area contributed by atoms with Gasteiger partial charge in [0.05, 0.1) is 0 Å². The predicted molar refractivity (Wildman–Crippen MR) is 66.1 cm³/mol. The first kappa shape index (κ1) is 13.8. The largest absolute Gasteiger partial charge is 0.330 e. The van der Waals surface area contributed by atoms with E-state index < -0.39 is 0 Å². The normalized spacial score (nSPS) is 11.9. The molecule has 0 saturated carbocycles. The van der Waals surface area contributed by atoms with E-state index in [-0.39, 0.29) is 18.4 Å². The summed E-state index contributed by atoms with van der Waals surface area (Å²) < 4.78 is 0. The lowest BCUT2D eigenvalue weighted by atomic mass is 10.1. The van der Waals surface area contributed by atoms with Gasteiger partial charge in [0.25, 0.3) is 0 Å². The van der Waals surface area contributed by atoms with E-state index >= 15 is 0 Å². The highest BCUT2D eigenvalue weighted by Crippen LogP contribution is 2.18. The zero-order valence-electron chi connectivity index (χ0n) is 8.27. The average molecular weight is 233 g/mol. The molecule has 4 heteroatoms. The fraction of sp³-hybridized carbons (Fsp3) is 0.400. The summed E-state index contributed by atoms with van der Waals surface area (Å²) in [7, 11) is 0. The van der Waals surface area contributed by atoms with Crippen LogP contribution in [0.2, 0.25) is 0 Å². The van der Waals surface area contributed by atoms with Crippen LogP contribution in [0.5, 0.6) is 0 Å². The number of thioether (sulfide) groups is 1. The third-order valence-electron chi connectivity index (χ3n) is 2.02. The van der Waals surface area contributed by atoms with Gasteiger partial charge in [0.15, 0.2) is 0 Å². The van der Waals surface area contributed by atoms with Crippen LogP contribution in [0.3, 0.4) is 0 Å². The van der Waals surface area contributed by atoms with Crippen LogP contribution in [0.25, 0.3) is 0 Å². The van der Waals surface area contributed by atoms with Crippen molar-refractivity contribution >= 4 is 24.2 Å². The molecule has 0 aliphatic carbocycles. The molecule has 0 saturated heterocycles. The van der Waals surface area contributed by atoms with Crippen LogP contribution in [-0.4, -0.2) is 12.8 Å². The second-order valence-corrected chi connectivity index (χ2v) is 3.84. The van der Waals surface area contributed by atoms with Crippen molar-refractivity contribution in [1.29, 1.82) is 0 Å². The van der Waals surface area contributed by atoms with E-state index in [0.717, 1.165) is 6.42 Å². The SMILES string of the molecule is CSc1ccc([C@H](N)CCN)cc1.Cl. The standard InChI is InChI=1S/C10H16N2S.ClH/c1-13-9-4-2-8(3-5-9)10(12)6-7-11;/h2-5,10H,6-7,11-12H2,1H3;1H/t10-;/m1./s1. The summed E-state index contributed by atoms with van der Waals surface area (Å²) in [6, 6.07) is 8.42. The molecular weight excluding hydrogens is 216 g/mol. The lowest BCUT2D eigenvalue weighted by Crippen LogP contribution is -2.15. The zero-order valence-corrected chi connectivity index (χ0v) is 9.91. The molecule has 0 aliphatic rings. The van der Waals surface area contributed by atoms with Crippen molar-refractivity contribution in [2.75, 3.05) is 12.8 Å². The monoisotopic (exact) mass is 232 g/mol. The number of halogens is 1. The molecule has 0 bridgehead atoms. The van der Waals surface area contributed by atoms with Gasteiger partial charge in [-0.25, -0.2) is 0 Å². The lowest BCUT2D eigenvalue weighted by molar-refractivity contribution is 0.661. The highest BCUT2D eigenvalue weighted by atomic mass is 35.5. The molecule has 0 heterocycles. The molecule has 80 valence electrons. The lowest BCUT2D eigenvalue weighted by Gasteiger charge is -2.10. The van der Waals surface area contributed by atoms with Gasteiger partial charge >= 0.3 is 0 Å². The Hall–Kier alpha value is -0.220. The van der Waals surface area contributed by atoms with Gasteiger partial charge in [0.2, 0.25) is 0 Å². The van der Waals surface area contributed by atoms with Crippen LogP contribution in [0.4, 0.5) is 0 Å². The molecule has 2 nitrogen and oxygen atoms in total. The highest BCUT2D eigenvalue weighted by Gasteiger charge is 2.03. The second-order valence-electron chi connectivity index (χ2n) is 2.96. The van der Waals surface area contributed by atoms with E-state index in [0.29, 0.717) is 6.54 Å². The van der Waals surface area contributed by atoms with Crippen LogP contribution in [0.1, 0.15) is 18.0 Å². The number of rotatable bonds is 4. The molecule has 1 atom stereocenters. The van der Waals surface area contributed by atoms with Gasteiger partial charge in [-0.15, -0.1) is 24.2 Å². The molecule has 0 aliphatic heterocycles. The van der Waals surface area contributed by atoms with Gasteiger partial charge in [-0.3, -0.25) is 0 Å². The van der Waals surface area contributed by atoms with E-state index in [1.54, 1.807) is 11.8 Å². The van der Waals surface area contributed by atoms with Crippen molar-refractivity contribution in [2.24, 2.45) is 11.5 Å². The summed E-state index contributed by atoms with van der Waals surface area (Å²) in [5, 5.41) is 0. The molecular formula is C10H17ClN2S. The molecule has 0 amide bonds. The van der Waals surface area contributed by atoms with Crippen LogP contribution in [-0.2, 0) is 0 Å². The van der Waals surface area contributed by atoms with Crippen LogP contribution in [0, 0.1) is 0 Å². The number of hydrogen-bond acceptors (Lipinski definition) is 3. The maximum atomic E-state index is 5.91. The first-order chi connectivity index (χ1) is 6.27. The van der Waals surface area contributed by atoms with E-state index in [9.17, 15) is 0 Å². The first-order valence-corrected chi connectivity index (χ1v) is 5.60. The molecule has 14 heavy (non-hydrogen) atoms. The van der Waals surface area contributed by atoms with Gasteiger partial charge in [0, 0.05) is 10.9 Å². The second kappa shape index (κ2) is 7.12. The Morgan fingerprint density at radius 3 is 2.29 bits per heavy atom. The maximum absolute atomic E-state index is 5.91. The van der Waals surface area contributed by atoms with Crippen molar-refractivity contribution in [3.8, 4) is 0 Å². The molecule has 0 fully saturated rings. The van der Waals surface area contributed by atoms with Crippen LogP contribution < -0.4 is 11.5 Å². The Morgan fingerprint density at radius 1 is 1.29 bits per heavy atom. The van der Waals surface area contributed by atoms with Gasteiger partial charge in [-0.2, -0.15) is 0 Å². The van der Waals surface area contributed by atoms with E-state index in [1.807, 2.05) is 0 Å². The van der Waals surface area contributed by atoms with Crippen LogP contribution >= 0.6 is 24.2 Å². The smallest absolute Gasteiger partial charge is 0.0306 e. The molecule has 1 rings (SSSR count). The zero-order chi connectivity index (χ0) is 9.68. The number of hydrogen-bond donors (Lipinski definition) is 2. The molecule has 0 unspecified atom stereocenters. The van der Waals surface area contributed by atoms with E-state index in [2.05, 4.69) is 30.5 Å². The summed E-state index contributed by atoms with van der Waals surface area (Å²) in [5.74, 6) is 0. The maximum Gasteiger partial charge on any atom is 0.0306 e. The summed E-state index contributed by atoms with van der Waals surface area (Å²) >= 11 is 1.74. The van der Waals surface area contributed by atoms with E-state index in [4.69, 9.17) is 11.5 Å². The van der Waals surface area contributed by atoms with Gasteiger partial charge in [0.1, 0.15) is 0 Å². The molecule has 0 spiro atoms. The first-order valence-electron chi connectivity index (χ1n) is 4.37. The molecule has 0 aromatic heterocycles. The average Bonchev–Trinajstić information content (AvgIpc) is 2.18. The van der Waals surface area contributed by atoms with Crippen molar-refractivity contribution in [3.63, 3.8) is 0 Å². The molecule has 1 aromatic rings. The number of benzene rings is 1. The highest BCUT2D eigenvalue weighted by molar-refractivity contribution is 7.98. The van der Waals surface area contributed by atoms with Gasteiger partial charge in [-0.05, 0) is 36.9 Å².